The molecule has 0 bridgehead atoms. The molecule has 1 aromatic heterocycles. The third-order valence-corrected chi connectivity index (χ3v) is 5.38. The maximum atomic E-state index is 14.2. The van der Waals surface area contributed by atoms with Crippen LogP contribution in [0.4, 0.5) is 4.39 Å². The summed E-state index contributed by atoms with van der Waals surface area (Å²) in [7, 11) is 0. The monoisotopic (exact) mass is 401 g/mol. The molecule has 2 aromatic carbocycles. The van der Waals surface area contributed by atoms with Gasteiger partial charge in [0, 0.05) is 37.8 Å². The Morgan fingerprint density at radius 1 is 1.07 bits per heavy atom. The summed E-state index contributed by atoms with van der Waals surface area (Å²) in [5.41, 5.74) is 3.46. The summed E-state index contributed by atoms with van der Waals surface area (Å²) >= 11 is 3.64. The Labute approximate surface area is 167 Å². The highest BCUT2D eigenvalue weighted by molar-refractivity contribution is 6.04. The predicted octanol–water partition coefficient (Wildman–Crippen LogP) is 2.75. The van der Waals surface area contributed by atoms with Crippen LogP contribution in [-0.4, -0.2) is 43.7 Å². The second-order valence-corrected chi connectivity index (χ2v) is 7.04. The summed E-state index contributed by atoms with van der Waals surface area (Å²) in [5.74, 6) is -0.255. The Kier molecular flexibility index (Phi) is 5.68. The molecule has 0 unspecified atom stereocenters. The Morgan fingerprint density at radius 2 is 1.82 bits per heavy atom. The van der Waals surface area contributed by atoms with Crippen molar-refractivity contribution in [3.05, 3.63) is 71.7 Å². The number of nitrogens with zero attached hydrogens (tertiary/aromatic N) is 4. The van der Waals surface area contributed by atoms with E-state index < -0.39 is 0 Å². The molecular weight excluding hydrogens is 381 g/mol. The van der Waals surface area contributed by atoms with Crippen LogP contribution in [0.5, 0.6) is 0 Å². The molecule has 1 fully saturated rings. The molecule has 3 aromatic rings. The van der Waals surface area contributed by atoms with Gasteiger partial charge in [0.25, 0.3) is 0 Å². The first-order valence-electron chi connectivity index (χ1n) is 9.15. The topological polar surface area (TPSA) is 66.2 Å². The summed E-state index contributed by atoms with van der Waals surface area (Å²) in [4.78, 5) is 2.44. The van der Waals surface area contributed by atoms with Gasteiger partial charge in [0.2, 0.25) is 0 Å². The second kappa shape index (κ2) is 8.36. The lowest BCUT2D eigenvalue weighted by molar-refractivity contribution is 0.307. The van der Waals surface area contributed by atoms with Crippen molar-refractivity contribution in [2.45, 2.75) is 25.2 Å². The van der Waals surface area contributed by atoms with Crippen LogP contribution in [-0.2, 0) is 13.1 Å². The van der Waals surface area contributed by atoms with Gasteiger partial charge in [-0.05, 0) is 17.7 Å². The van der Waals surface area contributed by atoms with Gasteiger partial charge in [-0.1, -0.05) is 47.7 Å². The summed E-state index contributed by atoms with van der Waals surface area (Å²) in [6, 6.07) is 17.9. The fourth-order valence-electron chi connectivity index (χ4n) is 4.12. The maximum absolute atomic E-state index is 14.2. The number of hydrogen-bond donors (Lipinski definition) is 2. The molecule has 0 amide bonds. The van der Waals surface area contributed by atoms with Gasteiger partial charge in [-0.3, -0.25) is 9.56 Å². The minimum Gasteiger partial charge on any atom is -0.305 e. The fourth-order valence-corrected chi connectivity index (χ4v) is 4.12. The summed E-state index contributed by atoms with van der Waals surface area (Å²) in [6.45, 7) is 3.49. The molecule has 8 heteroatoms. The highest BCUT2D eigenvalue weighted by Gasteiger charge is 2.39. The largest absolute Gasteiger partial charge is 0.305 e. The van der Waals surface area contributed by atoms with Crippen LogP contribution < -0.4 is 5.32 Å². The van der Waals surface area contributed by atoms with Gasteiger partial charge in [0.1, 0.15) is 11.5 Å². The van der Waals surface area contributed by atoms with Crippen molar-refractivity contribution in [2.75, 3.05) is 13.1 Å². The zero-order chi connectivity index (χ0) is 19.5. The molecule has 0 radical (unpaired) electrons. The number of aromatic nitrogens is 3. The van der Waals surface area contributed by atoms with E-state index in [4.69, 9.17) is 4.66 Å². The lowest BCUT2D eigenvalue weighted by atomic mass is 10.1. The minimum absolute atomic E-state index is 0.232. The lowest BCUT2D eigenvalue weighted by Crippen LogP contribution is -2.42. The molecule has 2 atom stereocenters. The van der Waals surface area contributed by atoms with Gasteiger partial charge in [-0.15, -0.1) is 5.10 Å². The molecule has 28 heavy (non-hydrogen) atoms. The van der Waals surface area contributed by atoms with E-state index in [0.717, 1.165) is 25.3 Å². The van der Waals surface area contributed by atoms with Crippen molar-refractivity contribution in [1.82, 2.24) is 25.2 Å². The molecule has 6 nitrogen and oxygen atoms in total. The number of nitrogens with one attached hydrogen (secondary N) is 1. The van der Waals surface area contributed by atoms with Gasteiger partial charge in [-0.2, -0.15) is 0 Å². The smallest absolute Gasteiger partial charge is 0.132 e. The number of fused-ring (bicyclic) bond motifs is 3. The Hall–Kier alpha value is -2.32. The number of likely N-dealkylation sites (tertiary alicyclic amines) is 1. The predicted molar refractivity (Wildman–Crippen MR) is 105 cm³/mol. The second-order valence-electron chi connectivity index (χ2n) is 7.04. The number of halogens is 2. The van der Waals surface area contributed by atoms with Crippen molar-refractivity contribution in [1.29, 1.82) is 0 Å². The Morgan fingerprint density at radius 3 is 2.61 bits per heavy atom. The SMILES string of the molecule is Fc1ccccc1-c1nnn2c1CN[C@@H]1CN(Cc3ccccc3)C[C@H]12.OCl. The quantitative estimate of drug-likeness (QED) is 0.706. The van der Waals surface area contributed by atoms with Gasteiger partial charge in [0.15, 0.2) is 0 Å². The number of rotatable bonds is 3. The van der Waals surface area contributed by atoms with Crippen LogP contribution >= 0.6 is 11.9 Å². The van der Waals surface area contributed by atoms with E-state index in [0.29, 0.717) is 23.8 Å². The van der Waals surface area contributed by atoms with Crippen molar-refractivity contribution in [3.63, 3.8) is 0 Å². The first-order chi connectivity index (χ1) is 13.8. The third-order valence-electron chi connectivity index (χ3n) is 5.38. The standard InChI is InChI=1S/C20H20FN5.ClHO/c21-16-9-5-4-8-15(16)20-18-10-22-17-12-25(11-14-6-2-1-3-7-14)13-19(17)26(18)24-23-20;1-2/h1-9,17,19,22H,10-13H2;2H/t17-,19-;/m1./s1. The van der Waals surface area contributed by atoms with E-state index in [2.05, 4.69) is 56.7 Å². The third kappa shape index (κ3) is 3.54. The van der Waals surface area contributed by atoms with Crippen LogP contribution in [0.1, 0.15) is 17.3 Å². The molecule has 2 N–H and O–H groups in total. The molecule has 0 saturated carbocycles. The molecule has 5 rings (SSSR count). The Bertz CT molecular complexity index is 935. The first-order valence-corrected chi connectivity index (χ1v) is 9.49. The van der Waals surface area contributed by atoms with Crippen LogP contribution in [0.25, 0.3) is 11.3 Å². The lowest BCUT2D eigenvalue weighted by Gasteiger charge is -2.27. The minimum atomic E-state index is -0.255. The van der Waals surface area contributed by atoms with Crippen molar-refractivity contribution in [3.8, 4) is 11.3 Å². The van der Waals surface area contributed by atoms with Gasteiger partial charge in [-0.25, -0.2) is 9.07 Å². The zero-order valence-corrected chi connectivity index (χ0v) is 15.9. The van der Waals surface area contributed by atoms with Crippen LogP contribution in [0.3, 0.4) is 0 Å². The highest BCUT2D eigenvalue weighted by Crippen LogP contribution is 2.32. The molecule has 2 aliphatic heterocycles. The molecule has 2 aliphatic rings. The van der Waals surface area contributed by atoms with Crippen LogP contribution in [0, 0.1) is 5.82 Å². The van der Waals surface area contributed by atoms with Crippen molar-refractivity contribution >= 4 is 11.9 Å². The zero-order valence-electron chi connectivity index (χ0n) is 15.2. The van der Waals surface area contributed by atoms with Gasteiger partial charge < -0.3 is 5.32 Å². The van der Waals surface area contributed by atoms with Gasteiger partial charge >= 0.3 is 0 Å². The van der Waals surface area contributed by atoms with E-state index in [1.54, 1.807) is 12.1 Å². The Balaban J connectivity index is 0.000000932. The van der Waals surface area contributed by atoms with E-state index in [1.165, 1.54) is 11.6 Å². The molecule has 0 spiro atoms. The first kappa shape index (κ1) is 19.0. The average Bonchev–Trinajstić information content (AvgIpc) is 3.34. The normalized spacial score (nSPS) is 20.8. The van der Waals surface area contributed by atoms with Crippen molar-refractivity contribution < 1.29 is 9.05 Å². The van der Waals surface area contributed by atoms with Gasteiger partial charge in [0.05, 0.1) is 23.6 Å². The van der Waals surface area contributed by atoms with Crippen molar-refractivity contribution in [2.24, 2.45) is 0 Å². The molecule has 146 valence electrons. The molecule has 1 saturated heterocycles. The summed E-state index contributed by atoms with van der Waals surface area (Å²) in [6.07, 6.45) is 0. The molecule has 0 aliphatic carbocycles. The van der Waals surface area contributed by atoms with E-state index in [9.17, 15) is 4.39 Å². The highest BCUT2D eigenvalue weighted by atomic mass is 35.5. The molecule has 3 heterocycles. The fraction of sp³-hybridized carbons (Fsp3) is 0.300. The molecular formula is C20H21ClFN5O. The van der Waals surface area contributed by atoms with E-state index in [1.807, 2.05) is 16.8 Å². The van der Waals surface area contributed by atoms with E-state index in [-0.39, 0.29) is 11.9 Å². The number of hydrogen-bond acceptors (Lipinski definition) is 5. The maximum Gasteiger partial charge on any atom is 0.132 e. The average molecular weight is 402 g/mol. The summed E-state index contributed by atoms with van der Waals surface area (Å²) < 4.78 is 22.7. The van der Waals surface area contributed by atoms with E-state index >= 15 is 0 Å². The summed E-state index contributed by atoms with van der Waals surface area (Å²) in [5, 5.41) is 12.3. The van der Waals surface area contributed by atoms with Crippen LogP contribution in [0.2, 0.25) is 0 Å². The van der Waals surface area contributed by atoms with Crippen LogP contribution in [0.15, 0.2) is 54.6 Å². The number of benzene rings is 2.